The maximum atomic E-state index is 12.9. The van der Waals surface area contributed by atoms with Crippen LogP contribution in [0.15, 0.2) is 18.2 Å². The lowest BCUT2D eigenvalue weighted by molar-refractivity contribution is -0.0167. The summed E-state index contributed by atoms with van der Waals surface area (Å²) in [7, 11) is 0. The standard InChI is InChI=1S/C19H24N4O/c1-2-23-17-4-3-15(8-16(17)21-22-23)18(24)20-19-9-12-5-13(10-19)7-14(6-12)11-19/h3-4,8,12-14H,2,5-7,9-11H2,1H3,(H,20,24). The molecule has 4 bridgehead atoms. The summed E-state index contributed by atoms with van der Waals surface area (Å²) in [5, 5.41) is 11.8. The second-order valence-electron chi connectivity index (χ2n) is 8.26. The highest BCUT2D eigenvalue weighted by Gasteiger charge is 2.51. The molecule has 5 heteroatoms. The van der Waals surface area contributed by atoms with Gasteiger partial charge in [-0.2, -0.15) is 0 Å². The van der Waals surface area contributed by atoms with Crippen LogP contribution in [-0.2, 0) is 6.54 Å². The van der Waals surface area contributed by atoms with Crippen LogP contribution in [0.2, 0.25) is 0 Å². The topological polar surface area (TPSA) is 59.8 Å². The Hall–Kier alpha value is -1.91. The van der Waals surface area contributed by atoms with Crippen molar-refractivity contribution < 1.29 is 4.79 Å². The van der Waals surface area contributed by atoms with Gasteiger partial charge in [0.1, 0.15) is 5.52 Å². The Morgan fingerprint density at radius 2 is 1.88 bits per heavy atom. The fourth-order valence-corrected chi connectivity index (χ4v) is 5.92. The molecular weight excluding hydrogens is 300 g/mol. The van der Waals surface area contributed by atoms with Crippen LogP contribution in [0.25, 0.3) is 11.0 Å². The van der Waals surface area contributed by atoms with Crippen LogP contribution < -0.4 is 5.32 Å². The molecule has 2 aromatic rings. The Kier molecular flexibility index (Phi) is 3.03. The molecule has 4 aliphatic carbocycles. The largest absolute Gasteiger partial charge is 0.347 e. The number of fused-ring (bicyclic) bond motifs is 1. The van der Waals surface area contributed by atoms with Gasteiger partial charge in [0.15, 0.2) is 0 Å². The van der Waals surface area contributed by atoms with Gasteiger partial charge in [0.05, 0.1) is 5.52 Å². The van der Waals surface area contributed by atoms with E-state index < -0.39 is 0 Å². The first-order chi connectivity index (χ1) is 11.6. The Labute approximate surface area is 141 Å². The molecule has 0 spiro atoms. The Balaban J connectivity index is 1.40. The minimum atomic E-state index is 0.0574. The maximum absolute atomic E-state index is 12.9. The molecule has 1 heterocycles. The first kappa shape index (κ1) is 14.4. The number of aromatic nitrogens is 3. The van der Waals surface area contributed by atoms with E-state index in [2.05, 4.69) is 15.6 Å². The molecule has 0 atom stereocenters. The van der Waals surface area contributed by atoms with Gasteiger partial charge in [-0.1, -0.05) is 5.21 Å². The minimum absolute atomic E-state index is 0.0574. The SMILES string of the molecule is CCn1nnc2cc(C(=O)NC34CC5CC(CC(C5)C3)C4)ccc21. The van der Waals surface area contributed by atoms with E-state index in [0.29, 0.717) is 5.56 Å². The van der Waals surface area contributed by atoms with Gasteiger partial charge in [-0.3, -0.25) is 4.79 Å². The summed E-state index contributed by atoms with van der Waals surface area (Å²) in [5.74, 6) is 2.57. The first-order valence-electron chi connectivity index (χ1n) is 9.30. The van der Waals surface area contributed by atoms with E-state index in [1.807, 2.05) is 29.8 Å². The number of aryl methyl sites for hydroxylation is 1. The summed E-state index contributed by atoms with van der Waals surface area (Å²) in [6, 6.07) is 5.76. The molecular formula is C19H24N4O. The summed E-state index contributed by atoms with van der Waals surface area (Å²) >= 11 is 0. The third-order valence-corrected chi connectivity index (χ3v) is 6.49. The Morgan fingerprint density at radius 1 is 1.21 bits per heavy atom. The highest BCUT2D eigenvalue weighted by Crippen LogP contribution is 2.55. The van der Waals surface area contributed by atoms with Crippen molar-refractivity contribution in [1.29, 1.82) is 0 Å². The van der Waals surface area contributed by atoms with E-state index in [1.165, 1.54) is 38.5 Å². The van der Waals surface area contributed by atoms with E-state index >= 15 is 0 Å². The lowest BCUT2D eigenvalue weighted by Gasteiger charge is -2.56. The molecule has 0 unspecified atom stereocenters. The highest BCUT2D eigenvalue weighted by atomic mass is 16.1. The van der Waals surface area contributed by atoms with Crippen molar-refractivity contribution in [3.8, 4) is 0 Å². The average molecular weight is 324 g/mol. The molecule has 4 aliphatic rings. The van der Waals surface area contributed by atoms with Crippen LogP contribution in [0.1, 0.15) is 55.8 Å². The monoisotopic (exact) mass is 324 g/mol. The quantitative estimate of drug-likeness (QED) is 0.943. The number of nitrogens with one attached hydrogen (secondary N) is 1. The van der Waals surface area contributed by atoms with Crippen molar-refractivity contribution in [1.82, 2.24) is 20.3 Å². The normalized spacial score (nSPS) is 34.0. The zero-order valence-corrected chi connectivity index (χ0v) is 14.2. The number of benzene rings is 1. The smallest absolute Gasteiger partial charge is 0.251 e. The third kappa shape index (κ3) is 2.17. The van der Waals surface area contributed by atoms with Gasteiger partial charge in [0, 0.05) is 17.6 Å². The number of nitrogens with zero attached hydrogens (tertiary/aromatic N) is 3. The van der Waals surface area contributed by atoms with E-state index in [9.17, 15) is 4.79 Å². The van der Waals surface area contributed by atoms with Gasteiger partial charge in [0.25, 0.3) is 5.91 Å². The van der Waals surface area contributed by atoms with Gasteiger partial charge in [-0.05, 0) is 81.4 Å². The molecule has 0 aliphatic heterocycles. The van der Waals surface area contributed by atoms with Crippen molar-refractivity contribution in [3.05, 3.63) is 23.8 Å². The van der Waals surface area contributed by atoms with Crippen LogP contribution in [0.5, 0.6) is 0 Å². The van der Waals surface area contributed by atoms with E-state index in [-0.39, 0.29) is 11.4 Å². The van der Waals surface area contributed by atoms with Crippen LogP contribution in [-0.4, -0.2) is 26.4 Å². The first-order valence-corrected chi connectivity index (χ1v) is 9.30. The lowest BCUT2D eigenvalue weighted by Crippen LogP contribution is -2.59. The molecule has 1 aromatic carbocycles. The summed E-state index contributed by atoms with van der Waals surface area (Å²) in [6.07, 6.45) is 7.71. The second-order valence-corrected chi connectivity index (χ2v) is 8.26. The van der Waals surface area contributed by atoms with Crippen LogP contribution >= 0.6 is 0 Å². The lowest BCUT2D eigenvalue weighted by atomic mass is 9.53. The second kappa shape index (κ2) is 5.04. The zero-order chi connectivity index (χ0) is 16.3. The average Bonchev–Trinajstić information content (AvgIpc) is 2.95. The van der Waals surface area contributed by atoms with Crippen molar-refractivity contribution in [2.45, 2.75) is 57.5 Å². The summed E-state index contributed by atoms with van der Waals surface area (Å²) in [6.45, 7) is 2.83. The molecule has 126 valence electrons. The summed E-state index contributed by atoms with van der Waals surface area (Å²) < 4.78 is 1.86. The predicted molar refractivity (Wildman–Crippen MR) is 91.6 cm³/mol. The number of amides is 1. The van der Waals surface area contributed by atoms with Crippen LogP contribution in [0.3, 0.4) is 0 Å². The van der Waals surface area contributed by atoms with Gasteiger partial charge >= 0.3 is 0 Å². The molecule has 6 rings (SSSR count). The fourth-order valence-electron chi connectivity index (χ4n) is 5.92. The number of hydrogen-bond acceptors (Lipinski definition) is 3. The van der Waals surface area contributed by atoms with Crippen molar-refractivity contribution in [2.24, 2.45) is 17.8 Å². The molecule has 1 aromatic heterocycles. The van der Waals surface area contributed by atoms with Crippen LogP contribution in [0, 0.1) is 17.8 Å². The van der Waals surface area contributed by atoms with Crippen molar-refractivity contribution in [2.75, 3.05) is 0 Å². The van der Waals surface area contributed by atoms with Crippen molar-refractivity contribution >= 4 is 16.9 Å². The summed E-state index contributed by atoms with van der Waals surface area (Å²) in [5.41, 5.74) is 2.56. The predicted octanol–water partition coefficient (Wildman–Crippen LogP) is 3.15. The van der Waals surface area contributed by atoms with Crippen molar-refractivity contribution in [3.63, 3.8) is 0 Å². The zero-order valence-electron chi connectivity index (χ0n) is 14.2. The van der Waals surface area contributed by atoms with E-state index in [1.54, 1.807) is 0 Å². The number of hydrogen-bond donors (Lipinski definition) is 1. The molecule has 4 fully saturated rings. The number of rotatable bonds is 3. The fraction of sp³-hybridized carbons (Fsp3) is 0.632. The Morgan fingerprint density at radius 3 is 2.50 bits per heavy atom. The molecule has 24 heavy (non-hydrogen) atoms. The molecule has 1 N–H and O–H groups in total. The molecule has 0 saturated heterocycles. The van der Waals surface area contributed by atoms with Gasteiger partial charge < -0.3 is 5.32 Å². The third-order valence-electron chi connectivity index (χ3n) is 6.49. The molecule has 1 amide bonds. The molecule has 5 nitrogen and oxygen atoms in total. The van der Waals surface area contributed by atoms with Gasteiger partial charge in [0.2, 0.25) is 0 Å². The van der Waals surface area contributed by atoms with Crippen LogP contribution in [0.4, 0.5) is 0 Å². The maximum Gasteiger partial charge on any atom is 0.251 e. The van der Waals surface area contributed by atoms with Gasteiger partial charge in [-0.25, -0.2) is 4.68 Å². The number of carbonyl (C=O) groups excluding carboxylic acids is 1. The molecule has 0 radical (unpaired) electrons. The number of carbonyl (C=O) groups is 1. The molecule has 4 saturated carbocycles. The van der Waals surface area contributed by atoms with E-state index in [4.69, 9.17) is 0 Å². The van der Waals surface area contributed by atoms with E-state index in [0.717, 1.165) is 35.3 Å². The summed E-state index contributed by atoms with van der Waals surface area (Å²) in [4.78, 5) is 12.9. The Bertz CT molecular complexity index is 774. The minimum Gasteiger partial charge on any atom is -0.347 e. The van der Waals surface area contributed by atoms with Gasteiger partial charge in [-0.15, -0.1) is 5.10 Å². The highest BCUT2D eigenvalue weighted by molar-refractivity contribution is 5.97.